The number of allylic oxidation sites excluding steroid dienone is 5. The number of phosphoric ester groups is 1. The summed E-state index contributed by atoms with van der Waals surface area (Å²) in [5.41, 5.74) is 0. The second kappa shape index (κ2) is 21.9. The van der Waals surface area contributed by atoms with Crippen LogP contribution in [0.2, 0.25) is 0 Å². The number of quaternary nitrogens is 1. The Hall–Kier alpha value is -2.03. The number of rotatable bonds is 24. The third-order valence-electron chi connectivity index (χ3n) is 5.24. The number of nitrogens with zero attached hydrogens (tertiary/aromatic N) is 1. The number of ether oxygens (including phenoxy) is 2. The maximum atomic E-state index is 12.3. The van der Waals surface area contributed by atoms with E-state index in [-0.39, 0.29) is 26.1 Å². The quantitative estimate of drug-likeness (QED) is 0.0534. The average Bonchev–Trinajstić information content (AvgIpc) is 2.83. The van der Waals surface area contributed by atoms with Gasteiger partial charge in [-0.2, -0.15) is 0 Å². The lowest BCUT2D eigenvalue weighted by atomic mass is 10.1. The van der Waals surface area contributed by atoms with Gasteiger partial charge in [0, 0.05) is 6.42 Å². The Morgan fingerprint density at radius 1 is 0.868 bits per heavy atom. The molecule has 0 saturated heterocycles. The molecule has 0 aromatic rings. The van der Waals surface area contributed by atoms with Crippen molar-refractivity contribution in [3.05, 3.63) is 49.6 Å². The molecule has 38 heavy (non-hydrogen) atoms. The van der Waals surface area contributed by atoms with Gasteiger partial charge in [0.15, 0.2) is 6.10 Å². The second-order valence-corrected chi connectivity index (χ2v) is 11.3. The lowest BCUT2D eigenvalue weighted by Crippen LogP contribution is -2.37. The summed E-state index contributed by atoms with van der Waals surface area (Å²) in [6, 6.07) is 0. The summed E-state index contributed by atoms with van der Waals surface area (Å²) in [5, 5.41) is 0. The molecule has 0 heterocycles. The molecule has 0 fully saturated rings. The SMILES string of the molecule is C=C/C=C/CCCCCCCCCC(=O)OC(COC(=O)C/C=C/C=C)COP(=O)([O-])OCC[N+](C)(C)C. The zero-order valence-corrected chi connectivity index (χ0v) is 24.4. The van der Waals surface area contributed by atoms with Crippen LogP contribution >= 0.6 is 7.82 Å². The monoisotopic (exact) mass is 557 g/mol. The molecule has 0 aliphatic carbocycles. The Morgan fingerprint density at radius 2 is 1.47 bits per heavy atom. The lowest BCUT2D eigenvalue weighted by Gasteiger charge is -2.28. The van der Waals surface area contributed by atoms with E-state index in [0.29, 0.717) is 17.4 Å². The summed E-state index contributed by atoms with van der Waals surface area (Å²) in [5.74, 6) is -1.05. The van der Waals surface area contributed by atoms with Crippen LogP contribution in [0.15, 0.2) is 49.6 Å². The van der Waals surface area contributed by atoms with Gasteiger partial charge >= 0.3 is 11.9 Å². The van der Waals surface area contributed by atoms with E-state index in [9.17, 15) is 19.0 Å². The van der Waals surface area contributed by atoms with Crippen molar-refractivity contribution in [3.63, 3.8) is 0 Å². The van der Waals surface area contributed by atoms with Crippen molar-refractivity contribution in [1.82, 2.24) is 0 Å². The molecule has 10 heteroatoms. The molecule has 2 atom stereocenters. The number of hydrogen-bond donors (Lipinski definition) is 0. The van der Waals surface area contributed by atoms with Gasteiger partial charge in [0.05, 0.1) is 34.2 Å². The van der Waals surface area contributed by atoms with E-state index in [1.807, 2.05) is 27.2 Å². The maximum absolute atomic E-state index is 12.3. The molecule has 0 aromatic heterocycles. The minimum atomic E-state index is -4.62. The van der Waals surface area contributed by atoms with Crippen molar-refractivity contribution >= 4 is 19.8 Å². The third kappa shape index (κ3) is 24.3. The van der Waals surface area contributed by atoms with Gasteiger partial charge in [-0.25, -0.2) is 0 Å². The van der Waals surface area contributed by atoms with E-state index in [2.05, 4.69) is 19.2 Å². The molecule has 2 unspecified atom stereocenters. The Labute approximate surface area is 229 Å². The minimum Gasteiger partial charge on any atom is -0.756 e. The zero-order chi connectivity index (χ0) is 28.7. The first-order valence-electron chi connectivity index (χ1n) is 13.3. The topological polar surface area (TPSA) is 111 Å². The van der Waals surface area contributed by atoms with Crippen LogP contribution in [0.4, 0.5) is 0 Å². The third-order valence-corrected chi connectivity index (χ3v) is 6.20. The number of phosphoric acid groups is 1. The average molecular weight is 558 g/mol. The molecule has 0 spiro atoms. The summed E-state index contributed by atoms with van der Waals surface area (Å²) in [4.78, 5) is 36.3. The molecule has 0 N–H and O–H groups in total. The summed E-state index contributed by atoms with van der Waals surface area (Å²) < 4.78 is 32.9. The van der Waals surface area contributed by atoms with E-state index in [1.54, 1.807) is 18.2 Å². The molecule has 0 aliphatic rings. The van der Waals surface area contributed by atoms with Crippen molar-refractivity contribution < 1.29 is 42.1 Å². The van der Waals surface area contributed by atoms with Gasteiger partial charge in [0.2, 0.25) is 0 Å². The van der Waals surface area contributed by atoms with Crippen molar-refractivity contribution in [2.24, 2.45) is 0 Å². The van der Waals surface area contributed by atoms with E-state index in [1.165, 1.54) is 12.5 Å². The largest absolute Gasteiger partial charge is 0.756 e. The molecule has 0 rings (SSSR count). The standard InChI is InChI=1S/C28H48NO8P/c1-6-8-10-11-12-13-14-15-16-17-19-21-28(31)37-26(24-34-27(30)20-18-9-7-2)25-36-38(32,33)35-23-22-29(3,4)5/h6-10,18,26H,1-2,11-17,19-25H2,3-5H3/b10-8+,18-9+. The number of carbonyl (C=O) groups excluding carboxylic acids is 2. The van der Waals surface area contributed by atoms with Crippen LogP contribution in [0.5, 0.6) is 0 Å². The summed E-state index contributed by atoms with van der Waals surface area (Å²) in [7, 11) is 1.09. The predicted octanol–water partition coefficient (Wildman–Crippen LogP) is 5.03. The summed E-state index contributed by atoms with van der Waals surface area (Å²) in [6.45, 7) is 6.74. The van der Waals surface area contributed by atoms with Crippen molar-refractivity contribution in [2.45, 2.75) is 70.3 Å². The Balaban J connectivity index is 4.51. The fourth-order valence-corrected chi connectivity index (χ4v) is 3.84. The molecule has 0 amide bonds. The fourth-order valence-electron chi connectivity index (χ4n) is 3.11. The molecular formula is C28H48NO8P. The van der Waals surface area contributed by atoms with Crippen LogP contribution in [0.3, 0.4) is 0 Å². The Bertz CT molecular complexity index is 788. The smallest absolute Gasteiger partial charge is 0.309 e. The summed E-state index contributed by atoms with van der Waals surface area (Å²) >= 11 is 0. The first-order chi connectivity index (χ1) is 18.0. The molecule has 0 aromatic carbocycles. The number of likely N-dealkylation sites (N-methyl/N-ethyl adjacent to an activating group) is 1. The Kier molecular flexibility index (Phi) is 20.7. The van der Waals surface area contributed by atoms with Gasteiger partial charge in [-0.15, -0.1) is 0 Å². The van der Waals surface area contributed by atoms with Gasteiger partial charge < -0.3 is 27.9 Å². The number of unbranched alkanes of at least 4 members (excludes halogenated alkanes) is 7. The van der Waals surface area contributed by atoms with E-state index >= 15 is 0 Å². The highest BCUT2D eigenvalue weighted by Crippen LogP contribution is 2.38. The second-order valence-electron chi connectivity index (χ2n) is 9.93. The van der Waals surface area contributed by atoms with Crippen LogP contribution in [0, 0.1) is 0 Å². The number of hydrogen-bond acceptors (Lipinski definition) is 8. The highest BCUT2D eigenvalue weighted by Gasteiger charge is 2.21. The van der Waals surface area contributed by atoms with Gasteiger partial charge in [-0.3, -0.25) is 14.2 Å². The molecule has 0 radical (unpaired) electrons. The van der Waals surface area contributed by atoms with Crippen LogP contribution in [0.25, 0.3) is 0 Å². The van der Waals surface area contributed by atoms with Gasteiger partial charge in [-0.05, 0) is 19.3 Å². The molecule has 218 valence electrons. The zero-order valence-electron chi connectivity index (χ0n) is 23.5. The lowest BCUT2D eigenvalue weighted by molar-refractivity contribution is -0.870. The molecule has 0 aliphatic heterocycles. The predicted molar refractivity (Wildman–Crippen MR) is 148 cm³/mol. The first kappa shape index (κ1) is 36.0. The number of carbonyl (C=O) groups is 2. The van der Waals surface area contributed by atoms with E-state index in [0.717, 1.165) is 38.5 Å². The molecular weight excluding hydrogens is 509 g/mol. The van der Waals surface area contributed by atoms with E-state index in [4.69, 9.17) is 18.5 Å². The fraction of sp³-hybridized carbons (Fsp3) is 0.643. The van der Waals surface area contributed by atoms with Gasteiger partial charge in [0.25, 0.3) is 7.82 Å². The van der Waals surface area contributed by atoms with Gasteiger partial charge in [0.1, 0.15) is 19.8 Å². The molecule has 0 saturated carbocycles. The first-order valence-corrected chi connectivity index (χ1v) is 14.8. The highest BCUT2D eigenvalue weighted by atomic mass is 31.2. The van der Waals surface area contributed by atoms with E-state index < -0.39 is 32.5 Å². The van der Waals surface area contributed by atoms with Crippen molar-refractivity contribution in [2.75, 3.05) is 47.5 Å². The number of esters is 2. The van der Waals surface area contributed by atoms with Gasteiger partial charge in [-0.1, -0.05) is 81.7 Å². The van der Waals surface area contributed by atoms with Crippen LogP contribution in [-0.2, 0) is 32.7 Å². The van der Waals surface area contributed by atoms with Crippen LogP contribution in [0.1, 0.15) is 64.2 Å². The summed E-state index contributed by atoms with van der Waals surface area (Å²) in [6.07, 6.45) is 17.9. The minimum absolute atomic E-state index is 0.00722. The maximum Gasteiger partial charge on any atom is 0.309 e. The Morgan fingerprint density at radius 3 is 2.11 bits per heavy atom. The van der Waals surface area contributed by atoms with Crippen LogP contribution in [-0.4, -0.2) is 70.0 Å². The normalized spacial score (nSPS) is 14.3. The molecule has 0 bridgehead atoms. The molecule has 9 nitrogen and oxygen atoms in total. The highest BCUT2D eigenvalue weighted by molar-refractivity contribution is 7.45. The van der Waals surface area contributed by atoms with Crippen LogP contribution < -0.4 is 4.89 Å². The van der Waals surface area contributed by atoms with Crippen molar-refractivity contribution in [1.29, 1.82) is 0 Å². The van der Waals surface area contributed by atoms with Crippen molar-refractivity contribution in [3.8, 4) is 0 Å².